The highest BCUT2D eigenvalue weighted by atomic mass is 16.5. The molecule has 0 aliphatic heterocycles. The third kappa shape index (κ3) is 3.38. The average molecular weight is 288 g/mol. The van der Waals surface area contributed by atoms with E-state index in [9.17, 15) is 5.11 Å². The number of hydrogen-bond acceptors (Lipinski definition) is 2. The van der Waals surface area contributed by atoms with Crippen LogP contribution in [-0.2, 0) is 10.3 Å². The van der Waals surface area contributed by atoms with E-state index in [0.29, 0.717) is 0 Å². The van der Waals surface area contributed by atoms with E-state index in [1.165, 1.54) is 24.0 Å². The summed E-state index contributed by atoms with van der Waals surface area (Å²) >= 11 is 0. The molecule has 0 heterocycles. The highest BCUT2D eigenvalue weighted by molar-refractivity contribution is 5.65. The van der Waals surface area contributed by atoms with Crippen LogP contribution in [0.5, 0.6) is 0 Å². The molecule has 1 unspecified atom stereocenters. The van der Waals surface area contributed by atoms with Gasteiger partial charge in [-0.25, -0.2) is 0 Å². The van der Waals surface area contributed by atoms with Crippen molar-refractivity contribution in [3.05, 3.63) is 42.0 Å². The lowest BCUT2D eigenvalue weighted by molar-refractivity contribution is -0.158. The number of benzene rings is 1. The summed E-state index contributed by atoms with van der Waals surface area (Å²) in [6, 6.07) is 8.40. The zero-order chi connectivity index (χ0) is 15.7. The molecule has 21 heavy (non-hydrogen) atoms. The monoisotopic (exact) mass is 288 g/mol. The highest BCUT2D eigenvalue weighted by Crippen LogP contribution is 2.46. The fourth-order valence-electron chi connectivity index (χ4n) is 3.13. The maximum atomic E-state index is 10.2. The third-order valence-electron chi connectivity index (χ3n) is 4.69. The fourth-order valence-corrected chi connectivity index (χ4v) is 3.13. The molecular weight excluding hydrogens is 260 g/mol. The molecular formula is C19H28O2. The second-order valence-corrected chi connectivity index (χ2v) is 6.94. The molecule has 0 radical (unpaired) electrons. The molecule has 2 rings (SSSR count). The minimum atomic E-state index is -0.840. The number of allylic oxidation sites excluding steroid dienone is 1. The van der Waals surface area contributed by atoms with Gasteiger partial charge in [-0.05, 0) is 51.7 Å². The summed E-state index contributed by atoms with van der Waals surface area (Å²) in [6.45, 7) is 11.7. The van der Waals surface area contributed by atoms with Gasteiger partial charge in [0.2, 0.25) is 0 Å². The Hall–Kier alpha value is -1.12. The molecule has 0 spiro atoms. The maximum absolute atomic E-state index is 10.2. The second-order valence-electron chi connectivity index (χ2n) is 6.94. The van der Waals surface area contributed by atoms with Crippen LogP contribution >= 0.6 is 0 Å². The van der Waals surface area contributed by atoms with Gasteiger partial charge in [0.05, 0.1) is 17.3 Å². The van der Waals surface area contributed by atoms with E-state index in [-0.39, 0.29) is 11.7 Å². The first kappa shape index (κ1) is 16.3. The van der Waals surface area contributed by atoms with Gasteiger partial charge in [-0.2, -0.15) is 0 Å². The van der Waals surface area contributed by atoms with E-state index in [2.05, 4.69) is 30.8 Å². The summed E-state index contributed by atoms with van der Waals surface area (Å²) < 4.78 is 6.45. The Balaban J connectivity index is 2.42. The van der Waals surface area contributed by atoms with Crippen molar-refractivity contribution in [2.24, 2.45) is 0 Å². The molecule has 116 valence electrons. The Morgan fingerprint density at radius 3 is 2.38 bits per heavy atom. The van der Waals surface area contributed by atoms with Crippen molar-refractivity contribution in [3.63, 3.8) is 0 Å². The first-order valence-electron chi connectivity index (χ1n) is 7.92. The van der Waals surface area contributed by atoms with Crippen LogP contribution in [-0.4, -0.2) is 16.8 Å². The summed E-state index contributed by atoms with van der Waals surface area (Å²) in [6.07, 6.45) is 4.15. The van der Waals surface area contributed by atoms with Crippen LogP contribution in [0.25, 0.3) is 5.57 Å². The van der Waals surface area contributed by atoms with Gasteiger partial charge in [0.1, 0.15) is 0 Å². The third-order valence-corrected chi connectivity index (χ3v) is 4.69. The topological polar surface area (TPSA) is 29.5 Å². The molecule has 0 amide bonds. The number of aliphatic hydroxyl groups is 1. The minimum Gasteiger partial charge on any atom is -0.388 e. The Bertz CT molecular complexity index is 505. The van der Waals surface area contributed by atoms with E-state index in [4.69, 9.17) is 4.74 Å². The summed E-state index contributed by atoms with van der Waals surface area (Å²) in [5.74, 6) is 0. The van der Waals surface area contributed by atoms with E-state index >= 15 is 0 Å². The first-order chi connectivity index (χ1) is 9.76. The van der Waals surface area contributed by atoms with Gasteiger partial charge in [-0.15, -0.1) is 0 Å². The van der Waals surface area contributed by atoms with Gasteiger partial charge >= 0.3 is 0 Å². The second kappa shape index (κ2) is 5.94. The Kier molecular flexibility index (Phi) is 4.60. The largest absolute Gasteiger partial charge is 0.388 e. The van der Waals surface area contributed by atoms with Gasteiger partial charge in [0.15, 0.2) is 0 Å². The quantitative estimate of drug-likeness (QED) is 0.853. The molecule has 0 saturated heterocycles. The molecule has 2 heteroatoms. The van der Waals surface area contributed by atoms with E-state index in [1.807, 2.05) is 27.7 Å². The fraction of sp³-hybridized carbons (Fsp3) is 0.579. The molecule has 1 aromatic rings. The molecule has 1 aliphatic carbocycles. The van der Waals surface area contributed by atoms with Crippen LogP contribution < -0.4 is 0 Å². The van der Waals surface area contributed by atoms with Gasteiger partial charge in [0.25, 0.3) is 0 Å². The number of ether oxygens (including phenoxy) is 1. The molecule has 0 aromatic heterocycles. The molecule has 1 aliphatic rings. The molecule has 0 bridgehead atoms. The highest BCUT2D eigenvalue weighted by Gasteiger charge is 2.41. The Morgan fingerprint density at radius 2 is 1.86 bits per heavy atom. The van der Waals surface area contributed by atoms with Crippen molar-refractivity contribution in [2.75, 3.05) is 0 Å². The lowest BCUT2D eigenvalue weighted by atomic mass is 9.85. The Labute approximate surface area is 128 Å². The Morgan fingerprint density at radius 1 is 1.29 bits per heavy atom. The molecule has 1 saturated carbocycles. The summed E-state index contributed by atoms with van der Waals surface area (Å²) in [4.78, 5) is 0. The predicted molar refractivity (Wildman–Crippen MR) is 88.1 cm³/mol. The SMILES string of the molecule is C=C(C)c1ccccc1C1(OC(C)C(C)(C)O)CCCC1. The normalized spacial score (nSPS) is 19.5. The average Bonchev–Trinajstić information content (AvgIpc) is 2.87. The van der Waals surface area contributed by atoms with Gasteiger partial charge in [-0.1, -0.05) is 49.3 Å². The van der Waals surface area contributed by atoms with Crippen molar-refractivity contribution in [2.45, 2.75) is 70.7 Å². The van der Waals surface area contributed by atoms with Crippen molar-refractivity contribution in [1.82, 2.24) is 0 Å². The predicted octanol–water partition coefficient (Wildman–Crippen LogP) is 4.67. The van der Waals surface area contributed by atoms with Crippen molar-refractivity contribution >= 4 is 5.57 Å². The van der Waals surface area contributed by atoms with Gasteiger partial charge in [0, 0.05) is 0 Å². The van der Waals surface area contributed by atoms with Crippen molar-refractivity contribution < 1.29 is 9.84 Å². The van der Waals surface area contributed by atoms with Crippen molar-refractivity contribution in [1.29, 1.82) is 0 Å². The summed E-state index contributed by atoms with van der Waals surface area (Å²) in [5, 5.41) is 10.2. The molecule has 1 N–H and O–H groups in total. The standard InChI is InChI=1S/C19H28O2/c1-14(2)16-10-6-7-11-17(16)19(12-8-9-13-19)21-15(3)18(4,5)20/h6-7,10-11,15,20H,1,8-9,12-13H2,2-5H3. The van der Waals surface area contributed by atoms with E-state index < -0.39 is 5.60 Å². The van der Waals surface area contributed by atoms with Crippen LogP contribution in [0.15, 0.2) is 30.8 Å². The van der Waals surface area contributed by atoms with Crippen LogP contribution in [0.2, 0.25) is 0 Å². The number of hydrogen-bond donors (Lipinski definition) is 1. The van der Waals surface area contributed by atoms with Crippen LogP contribution in [0.3, 0.4) is 0 Å². The lowest BCUT2D eigenvalue weighted by Gasteiger charge is -2.38. The van der Waals surface area contributed by atoms with Crippen LogP contribution in [0.1, 0.15) is 64.5 Å². The zero-order valence-electron chi connectivity index (χ0n) is 13.8. The van der Waals surface area contributed by atoms with Crippen LogP contribution in [0.4, 0.5) is 0 Å². The van der Waals surface area contributed by atoms with Crippen LogP contribution in [0, 0.1) is 0 Å². The van der Waals surface area contributed by atoms with E-state index in [0.717, 1.165) is 18.4 Å². The van der Waals surface area contributed by atoms with Crippen molar-refractivity contribution in [3.8, 4) is 0 Å². The smallest absolute Gasteiger partial charge is 0.0942 e. The number of rotatable bonds is 5. The minimum absolute atomic E-state index is 0.214. The zero-order valence-corrected chi connectivity index (χ0v) is 13.8. The van der Waals surface area contributed by atoms with Gasteiger partial charge < -0.3 is 9.84 Å². The summed E-state index contributed by atoms with van der Waals surface area (Å²) in [7, 11) is 0. The summed E-state index contributed by atoms with van der Waals surface area (Å²) in [5.41, 5.74) is 2.35. The first-order valence-corrected chi connectivity index (χ1v) is 7.92. The lowest BCUT2D eigenvalue weighted by Crippen LogP contribution is -2.42. The van der Waals surface area contributed by atoms with E-state index in [1.54, 1.807) is 0 Å². The molecule has 1 fully saturated rings. The molecule has 1 atom stereocenters. The maximum Gasteiger partial charge on any atom is 0.0942 e. The molecule has 2 nitrogen and oxygen atoms in total. The molecule has 1 aromatic carbocycles. The van der Waals surface area contributed by atoms with Gasteiger partial charge in [-0.3, -0.25) is 0 Å².